The first-order chi connectivity index (χ1) is 12.0. The van der Waals surface area contributed by atoms with Gasteiger partial charge in [0.2, 0.25) is 0 Å². The molecule has 0 saturated heterocycles. The van der Waals surface area contributed by atoms with Crippen LogP contribution in [0.1, 0.15) is 28.8 Å². The Morgan fingerprint density at radius 1 is 1.04 bits per heavy atom. The molecule has 0 unspecified atom stereocenters. The minimum atomic E-state index is -0.522. The van der Waals surface area contributed by atoms with Crippen molar-refractivity contribution in [3.8, 4) is 0 Å². The molecule has 1 amide bonds. The summed E-state index contributed by atoms with van der Waals surface area (Å²) in [5.74, 6) is -1.06. The zero-order valence-corrected chi connectivity index (χ0v) is 14.3. The van der Waals surface area contributed by atoms with Crippen LogP contribution in [0.15, 0.2) is 42.5 Å². The highest BCUT2D eigenvalue weighted by Gasteiger charge is 2.30. The van der Waals surface area contributed by atoms with Crippen molar-refractivity contribution in [1.29, 1.82) is 0 Å². The quantitative estimate of drug-likeness (QED) is 0.820. The molecule has 0 spiro atoms. The third-order valence-corrected chi connectivity index (χ3v) is 4.58. The van der Waals surface area contributed by atoms with Gasteiger partial charge in [-0.1, -0.05) is 23.7 Å². The zero-order valence-electron chi connectivity index (χ0n) is 13.6. The number of halogens is 3. The predicted molar refractivity (Wildman–Crippen MR) is 93.8 cm³/mol. The van der Waals surface area contributed by atoms with E-state index in [1.807, 2.05) is 0 Å². The maximum Gasteiger partial charge on any atom is 0.251 e. The van der Waals surface area contributed by atoms with E-state index in [0.29, 0.717) is 6.04 Å². The Morgan fingerprint density at radius 3 is 2.44 bits per heavy atom. The van der Waals surface area contributed by atoms with Crippen LogP contribution in [-0.4, -0.2) is 24.5 Å². The van der Waals surface area contributed by atoms with Crippen molar-refractivity contribution >= 4 is 17.5 Å². The fraction of sp³-hybridized carbons (Fsp3) is 0.316. The average Bonchev–Trinajstić information content (AvgIpc) is 2.53. The molecule has 1 fully saturated rings. The van der Waals surface area contributed by atoms with E-state index in [1.54, 1.807) is 12.1 Å². The minimum Gasteiger partial charge on any atom is -0.349 e. The summed E-state index contributed by atoms with van der Waals surface area (Å²) < 4.78 is 26.1. The van der Waals surface area contributed by atoms with E-state index >= 15 is 0 Å². The second kappa shape index (κ2) is 7.93. The number of rotatable bonds is 6. The Labute approximate surface area is 150 Å². The number of carbonyl (C=O) groups is 1. The van der Waals surface area contributed by atoms with Gasteiger partial charge in [-0.25, -0.2) is 8.78 Å². The van der Waals surface area contributed by atoms with Crippen molar-refractivity contribution in [2.75, 3.05) is 6.54 Å². The Morgan fingerprint density at radius 2 is 1.76 bits per heavy atom. The number of amides is 1. The van der Waals surface area contributed by atoms with Crippen LogP contribution in [0, 0.1) is 11.6 Å². The van der Waals surface area contributed by atoms with Gasteiger partial charge in [-0.15, -0.1) is 0 Å². The number of carbonyl (C=O) groups excluding carboxylic acids is 1. The smallest absolute Gasteiger partial charge is 0.251 e. The molecule has 0 aromatic heterocycles. The lowest BCUT2D eigenvalue weighted by molar-refractivity contribution is 0.0902. The summed E-state index contributed by atoms with van der Waals surface area (Å²) >= 11 is 5.77. The van der Waals surface area contributed by atoms with Crippen LogP contribution >= 0.6 is 11.6 Å². The molecule has 1 saturated carbocycles. The highest BCUT2D eigenvalue weighted by Crippen LogP contribution is 2.21. The van der Waals surface area contributed by atoms with E-state index in [0.717, 1.165) is 31.4 Å². The molecule has 0 aliphatic heterocycles. The van der Waals surface area contributed by atoms with E-state index < -0.39 is 5.82 Å². The first-order valence-corrected chi connectivity index (χ1v) is 8.62. The van der Waals surface area contributed by atoms with Gasteiger partial charge in [-0.3, -0.25) is 4.79 Å². The summed E-state index contributed by atoms with van der Waals surface area (Å²) in [6.45, 7) is 0.802. The topological polar surface area (TPSA) is 41.1 Å². The lowest BCUT2D eigenvalue weighted by atomic mass is 9.86. The lowest BCUT2D eigenvalue weighted by Gasteiger charge is -2.36. The van der Waals surface area contributed by atoms with Crippen LogP contribution in [0.4, 0.5) is 8.78 Å². The molecule has 3 nitrogen and oxygen atoms in total. The maximum absolute atomic E-state index is 13.3. The summed E-state index contributed by atoms with van der Waals surface area (Å²) in [5, 5.41) is 6.51. The second-order valence-corrected chi connectivity index (χ2v) is 6.76. The largest absolute Gasteiger partial charge is 0.349 e. The van der Waals surface area contributed by atoms with E-state index in [9.17, 15) is 13.6 Å². The van der Waals surface area contributed by atoms with Gasteiger partial charge in [0.15, 0.2) is 0 Å². The van der Waals surface area contributed by atoms with Gasteiger partial charge in [-0.05, 0) is 61.7 Å². The summed E-state index contributed by atoms with van der Waals surface area (Å²) in [7, 11) is 0. The highest BCUT2D eigenvalue weighted by molar-refractivity contribution is 6.31. The fourth-order valence-corrected chi connectivity index (χ4v) is 3.15. The predicted octanol–water partition coefficient (Wildman–Crippen LogP) is 3.71. The van der Waals surface area contributed by atoms with Crippen LogP contribution in [0.5, 0.6) is 0 Å². The normalized spacial score (nSPS) is 19.3. The number of hydrogen-bond donors (Lipinski definition) is 2. The molecule has 1 aliphatic rings. The Kier molecular flexibility index (Phi) is 5.66. The number of nitrogens with one attached hydrogen (secondary N) is 2. The van der Waals surface area contributed by atoms with Gasteiger partial charge in [0.05, 0.1) is 0 Å². The SMILES string of the molecule is O=C(NC1CC(NCCc2ccc(F)cc2)C1)c1cc(F)cc(Cl)c1. The van der Waals surface area contributed by atoms with Crippen molar-refractivity contribution < 1.29 is 13.6 Å². The molecule has 2 aromatic carbocycles. The van der Waals surface area contributed by atoms with E-state index in [4.69, 9.17) is 11.6 Å². The second-order valence-electron chi connectivity index (χ2n) is 6.33. The Balaban J connectivity index is 1.37. The van der Waals surface area contributed by atoms with Crippen LogP contribution in [0.3, 0.4) is 0 Å². The average molecular weight is 365 g/mol. The van der Waals surface area contributed by atoms with Crippen molar-refractivity contribution in [3.05, 3.63) is 70.2 Å². The van der Waals surface area contributed by atoms with Gasteiger partial charge in [0.25, 0.3) is 5.91 Å². The van der Waals surface area contributed by atoms with Crippen molar-refractivity contribution in [3.63, 3.8) is 0 Å². The number of benzene rings is 2. The summed E-state index contributed by atoms with van der Waals surface area (Å²) in [6, 6.07) is 10.7. The molecular formula is C19H19ClF2N2O. The minimum absolute atomic E-state index is 0.0814. The van der Waals surface area contributed by atoms with Crippen molar-refractivity contribution in [1.82, 2.24) is 10.6 Å². The molecule has 0 radical (unpaired) electrons. The molecule has 25 heavy (non-hydrogen) atoms. The Bertz CT molecular complexity index is 725. The monoisotopic (exact) mass is 364 g/mol. The lowest BCUT2D eigenvalue weighted by Crippen LogP contribution is -2.52. The first-order valence-electron chi connectivity index (χ1n) is 8.24. The molecule has 3 rings (SSSR count). The molecule has 2 aromatic rings. The van der Waals surface area contributed by atoms with Gasteiger partial charge in [0.1, 0.15) is 11.6 Å². The molecule has 0 heterocycles. The number of hydrogen-bond acceptors (Lipinski definition) is 2. The molecule has 0 atom stereocenters. The van der Waals surface area contributed by atoms with E-state index in [-0.39, 0.29) is 28.4 Å². The Hall–Kier alpha value is -1.98. The first kappa shape index (κ1) is 17.8. The summed E-state index contributed by atoms with van der Waals surface area (Å²) in [4.78, 5) is 12.1. The fourth-order valence-electron chi connectivity index (χ4n) is 2.93. The third kappa shape index (κ3) is 5.00. The molecule has 2 N–H and O–H groups in total. The van der Waals surface area contributed by atoms with Gasteiger partial charge >= 0.3 is 0 Å². The van der Waals surface area contributed by atoms with Crippen LogP contribution in [0.2, 0.25) is 5.02 Å². The van der Waals surface area contributed by atoms with Crippen molar-refractivity contribution in [2.45, 2.75) is 31.3 Å². The highest BCUT2D eigenvalue weighted by atomic mass is 35.5. The third-order valence-electron chi connectivity index (χ3n) is 4.36. The van der Waals surface area contributed by atoms with Gasteiger partial charge in [-0.2, -0.15) is 0 Å². The van der Waals surface area contributed by atoms with Crippen LogP contribution in [-0.2, 0) is 6.42 Å². The standard InChI is InChI=1S/C19H19ClF2N2O/c20-14-7-13(8-16(22)9-14)19(25)24-18-10-17(11-18)23-6-5-12-1-3-15(21)4-2-12/h1-4,7-9,17-18,23H,5-6,10-11H2,(H,24,25). The molecule has 132 valence electrons. The van der Waals surface area contributed by atoms with Crippen molar-refractivity contribution in [2.24, 2.45) is 0 Å². The van der Waals surface area contributed by atoms with Gasteiger partial charge < -0.3 is 10.6 Å². The zero-order chi connectivity index (χ0) is 17.8. The van der Waals surface area contributed by atoms with Gasteiger partial charge in [0, 0.05) is 22.7 Å². The summed E-state index contributed by atoms with van der Waals surface area (Å²) in [5.41, 5.74) is 1.32. The summed E-state index contributed by atoms with van der Waals surface area (Å²) in [6.07, 6.45) is 2.49. The van der Waals surface area contributed by atoms with Crippen LogP contribution in [0.25, 0.3) is 0 Å². The maximum atomic E-state index is 13.3. The van der Waals surface area contributed by atoms with E-state index in [2.05, 4.69) is 10.6 Å². The molecule has 6 heteroatoms. The molecular weight excluding hydrogens is 346 g/mol. The molecule has 0 bridgehead atoms. The van der Waals surface area contributed by atoms with E-state index in [1.165, 1.54) is 30.3 Å². The molecule has 1 aliphatic carbocycles. The van der Waals surface area contributed by atoms with Crippen LogP contribution < -0.4 is 10.6 Å².